The molecule has 0 atom stereocenters. The maximum absolute atomic E-state index is 15.3. The Hall–Kier alpha value is -3.61. The number of rotatable bonds is 8. The first-order valence-corrected chi connectivity index (χ1v) is 13.4. The first kappa shape index (κ1) is 25.7. The molecule has 206 valence electrons. The van der Waals surface area contributed by atoms with Crippen LogP contribution in [-0.4, -0.2) is 86.3 Å². The summed E-state index contributed by atoms with van der Waals surface area (Å²) in [5.74, 6) is 1.18. The number of nitrogens with one attached hydrogen (secondary N) is 2. The SMILES string of the molecule is CCn1c(CN2CC(NC(C)(C)C(N)=O)C2)nc2c(N3CCOCC3)nc(-c3c(F)ccc4[nH]ccc34)nc21. The number of fused-ring (bicyclic) bond motifs is 2. The number of hydrogen-bond acceptors (Lipinski definition) is 8. The summed E-state index contributed by atoms with van der Waals surface area (Å²) in [5, 5.41) is 4.08. The lowest BCUT2D eigenvalue weighted by molar-refractivity contribution is -0.124. The third-order valence-corrected chi connectivity index (χ3v) is 7.69. The minimum atomic E-state index is -0.760. The Bertz CT molecular complexity index is 1530. The number of benzene rings is 1. The molecule has 3 aromatic heterocycles. The van der Waals surface area contributed by atoms with Crippen molar-refractivity contribution in [1.82, 2.24) is 34.7 Å². The zero-order valence-electron chi connectivity index (χ0n) is 22.5. The number of morpholine rings is 1. The Kier molecular flexibility index (Phi) is 6.48. The minimum Gasteiger partial charge on any atom is -0.378 e. The maximum Gasteiger partial charge on any atom is 0.237 e. The van der Waals surface area contributed by atoms with E-state index >= 15 is 4.39 Å². The molecule has 11 nitrogen and oxygen atoms in total. The number of likely N-dealkylation sites (tertiary alicyclic amines) is 1. The van der Waals surface area contributed by atoms with Crippen LogP contribution in [0.5, 0.6) is 0 Å². The third kappa shape index (κ3) is 4.62. The zero-order valence-corrected chi connectivity index (χ0v) is 22.5. The molecule has 2 aliphatic rings. The van der Waals surface area contributed by atoms with Gasteiger partial charge in [-0.2, -0.15) is 0 Å². The normalized spacial score (nSPS) is 17.3. The van der Waals surface area contributed by atoms with Gasteiger partial charge in [0.05, 0.1) is 30.9 Å². The van der Waals surface area contributed by atoms with Crippen molar-refractivity contribution in [1.29, 1.82) is 0 Å². The highest BCUT2D eigenvalue weighted by atomic mass is 19.1. The van der Waals surface area contributed by atoms with E-state index in [-0.39, 0.29) is 17.8 Å². The fourth-order valence-corrected chi connectivity index (χ4v) is 5.50. The van der Waals surface area contributed by atoms with Gasteiger partial charge < -0.3 is 24.9 Å². The van der Waals surface area contributed by atoms with Crippen molar-refractivity contribution in [3.63, 3.8) is 0 Å². The molecule has 1 amide bonds. The molecule has 0 unspecified atom stereocenters. The number of ether oxygens (including phenoxy) is 1. The average molecular weight is 536 g/mol. The van der Waals surface area contributed by atoms with Crippen molar-refractivity contribution < 1.29 is 13.9 Å². The summed E-state index contributed by atoms with van der Waals surface area (Å²) >= 11 is 0. The quantitative estimate of drug-likeness (QED) is 0.312. The molecule has 39 heavy (non-hydrogen) atoms. The highest BCUT2D eigenvalue weighted by molar-refractivity contribution is 5.95. The monoisotopic (exact) mass is 535 g/mol. The van der Waals surface area contributed by atoms with Gasteiger partial charge in [0.1, 0.15) is 11.6 Å². The summed E-state index contributed by atoms with van der Waals surface area (Å²) in [4.78, 5) is 34.1. The van der Waals surface area contributed by atoms with Crippen molar-refractivity contribution in [3.05, 3.63) is 36.0 Å². The largest absolute Gasteiger partial charge is 0.378 e. The number of imidazole rings is 1. The molecule has 2 fully saturated rings. The van der Waals surface area contributed by atoms with Crippen LogP contribution in [0.3, 0.4) is 0 Å². The summed E-state index contributed by atoms with van der Waals surface area (Å²) in [6.07, 6.45) is 1.79. The molecule has 5 heterocycles. The van der Waals surface area contributed by atoms with Crippen molar-refractivity contribution in [2.24, 2.45) is 5.73 Å². The summed E-state index contributed by atoms with van der Waals surface area (Å²) < 4.78 is 23.0. The van der Waals surface area contributed by atoms with Crippen LogP contribution >= 0.6 is 0 Å². The molecule has 0 bridgehead atoms. The number of carbonyl (C=O) groups excluding carboxylic acids is 1. The molecule has 1 aromatic carbocycles. The molecular weight excluding hydrogens is 501 g/mol. The first-order valence-electron chi connectivity index (χ1n) is 13.4. The van der Waals surface area contributed by atoms with Gasteiger partial charge in [-0.15, -0.1) is 0 Å². The van der Waals surface area contributed by atoms with E-state index in [0.29, 0.717) is 67.8 Å². The van der Waals surface area contributed by atoms with Crippen LogP contribution in [0.4, 0.5) is 10.2 Å². The molecule has 0 spiro atoms. The van der Waals surface area contributed by atoms with Crippen molar-refractivity contribution in [2.75, 3.05) is 44.3 Å². The molecular formula is C27H34FN9O2. The lowest BCUT2D eigenvalue weighted by Gasteiger charge is -2.42. The Morgan fingerprint density at radius 1 is 1.21 bits per heavy atom. The fourth-order valence-electron chi connectivity index (χ4n) is 5.50. The van der Waals surface area contributed by atoms with Gasteiger partial charge in [-0.3, -0.25) is 15.0 Å². The second-order valence-electron chi connectivity index (χ2n) is 10.8. The highest BCUT2D eigenvalue weighted by Crippen LogP contribution is 2.34. The number of nitrogens with zero attached hydrogens (tertiary/aromatic N) is 6. The minimum absolute atomic E-state index is 0.173. The maximum atomic E-state index is 15.3. The van der Waals surface area contributed by atoms with E-state index in [0.717, 1.165) is 29.8 Å². The van der Waals surface area contributed by atoms with Crippen LogP contribution in [0.1, 0.15) is 26.6 Å². The summed E-state index contributed by atoms with van der Waals surface area (Å²) in [5.41, 5.74) is 7.37. The average Bonchev–Trinajstić information content (AvgIpc) is 3.51. The second kappa shape index (κ2) is 9.85. The lowest BCUT2D eigenvalue weighted by atomic mass is 10.00. The lowest BCUT2D eigenvalue weighted by Crippen LogP contribution is -2.65. The molecule has 2 saturated heterocycles. The van der Waals surface area contributed by atoms with Crippen LogP contribution in [0.25, 0.3) is 33.5 Å². The van der Waals surface area contributed by atoms with E-state index in [4.69, 9.17) is 25.4 Å². The number of aryl methyl sites for hydroxylation is 1. The van der Waals surface area contributed by atoms with Crippen LogP contribution in [0.2, 0.25) is 0 Å². The number of halogens is 1. The summed E-state index contributed by atoms with van der Waals surface area (Å²) in [6, 6.07) is 5.20. The number of aromatic nitrogens is 5. The molecule has 4 N–H and O–H groups in total. The Morgan fingerprint density at radius 2 is 1.97 bits per heavy atom. The van der Waals surface area contributed by atoms with Crippen LogP contribution < -0.4 is 16.0 Å². The van der Waals surface area contributed by atoms with Crippen molar-refractivity contribution in [3.8, 4) is 11.4 Å². The van der Waals surface area contributed by atoms with E-state index in [2.05, 4.69) is 31.6 Å². The highest BCUT2D eigenvalue weighted by Gasteiger charge is 2.35. The fraction of sp³-hybridized carbons (Fsp3) is 0.481. The molecule has 0 saturated carbocycles. The third-order valence-electron chi connectivity index (χ3n) is 7.69. The molecule has 0 aliphatic carbocycles. The number of primary amides is 1. The molecule has 4 aromatic rings. The molecule has 2 aliphatic heterocycles. The number of anilines is 1. The Morgan fingerprint density at radius 3 is 2.69 bits per heavy atom. The standard InChI is InChI=1S/C27H34FN9O2/c1-4-37-20(15-35-13-16(14-35)34-27(2,3)26(29)38)31-22-24(36-9-11-39-12-10-36)32-23(33-25(22)37)21-17-7-8-30-19(17)6-5-18(21)28/h5-8,16,30,34H,4,9-15H2,1-3H3,(H2,29,38). The predicted octanol–water partition coefficient (Wildman–Crippen LogP) is 2.01. The van der Waals surface area contributed by atoms with Gasteiger partial charge in [0, 0.05) is 55.9 Å². The van der Waals surface area contributed by atoms with Gasteiger partial charge in [-0.05, 0) is 39.0 Å². The Balaban J connectivity index is 1.38. The van der Waals surface area contributed by atoms with E-state index in [9.17, 15) is 4.79 Å². The number of aromatic amines is 1. The van der Waals surface area contributed by atoms with Gasteiger partial charge in [0.15, 0.2) is 22.8 Å². The van der Waals surface area contributed by atoms with Crippen LogP contribution in [-0.2, 0) is 22.6 Å². The van der Waals surface area contributed by atoms with E-state index in [1.165, 1.54) is 6.07 Å². The van der Waals surface area contributed by atoms with Crippen molar-refractivity contribution >= 4 is 33.8 Å². The van der Waals surface area contributed by atoms with Gasteiger partial charge in [-0.25, -0.2) is 19.3 Å². The predicted molar refractivity (Wildman–Crippen MR) is 147 cm³/mol. The van der Waals surface area contributed by atoms with Crippen molar-refractivity contribution in [2.45, 2.75) is 45.4 Å². The summed E-state index contributed by atoms with van der Waals surface area (Å²) in [7, 11) is 0. The first-order chi connectivity index (χ1) is 18.7. The van der Waals surface area contributed by atoms with Crippen LogP contribution in [0, 0.1) is 5.82 Å². The zero-order chi connectivity index (χ0) is 27.3. The number of amides is 1. The van der Waals surface area contributed by atoms with Gasteiger partial charge >= 0.3 is 0 Å². The number of carbonyl (C=O) groups is 1. The van der Waals surface area contributed by atoms with Gasteiger partial charge in [-0.1, -0.05) is 0 Å². The summed E-state index contributed by atoms with van der Waals surface area (Å²) in [6.45, 7) is 11.0. The van der Waals surface area contributed by atoms with Gasteiger partial charge in [0.2, 0.25) is 5.91 Å². The Labute approximate surface area is 225 Å². The topological polar surface area (TPSA) is 130 Å². The molecule has 12 heteroatoms. The van der Waals surface area contributed by atoms with Crippen LogP contribution in [0.15, 0.2) is 24.4 Å². The van der Waals surface area contributed by atoms with E-state index < -0.39 is 5.54 Å². The number of nitrogens with two attached hydrogens (primary N) is 1. The van der Waals surface area contributed by atoms with Gasteiger partial charge in [0.25, 0.3) is 0 Å². The van der Waals surface area contributed by atoms with E-state index in [1.807, 2.05) is 6.07 Å². The second-order valence-corrected chi connectivity index (χ2v) is 10.8. The number of hydrogen-bond donors (Lipinski definition) is 3. The smallest absolute Gasteiger partial charge is 0.237 e. The molecule has 6 rings (SSSR count). The number of H-pyrrole nitrogens is 1. The van der Waals surface area contributed by atoms with E-state index in [1.54, 1.807) is 26.1 Å². The molecule has 0 radical (unpaired) electrons.